The molecule has 0 fully saturated rings. The average Bonchev–Trinajstić information content (AvgIpc) is 2.27. The van der Waals surface area contributed by atoms with E-state index in [2.05, 4.69) is 0 Å². The molecule has 0 N–H and O–H groups in total. The van der Waals surface area contributed by atoms with Crippen molar-refractivity contribution in [1.29, 1.82) is 0 Å². The highest BCUT2D eigenvalue weighted by Crippen LogP contribution is 2.44. The number of carbonyl (C=O) groups is 1. The molecule has 6 heteroatoms. The molecule has 0 saturated heterocycles. The summed E-state index contributed by atoms with van der Waals surface area (Å²) in [5.74, 6) is 0. The first-order chi connectivity index (χ1) is 9.04. The topological polar surface area (TPSA) is 17.1 Å². The Hall–Kier alpha value is 0.340. The van der Waals surface area contributed by atoms with Crippen LogP contribution in [0.15, 0.2) is 24.3 Å². The molecule has 0 aliphatic heterocycles. The van der Waals surface area contributed by atoms with Crippen molar-refractivity contribution in [3.8, 4) is 0 Å². The highest BCUT2D eigenvalue weighted by Gasteiger charge is 2.37. The van der Waals surface area contributed by atoms with Crippen molar-refractivity contribution in [2.45, 2.75) is 36.4 Å². The second-order valence-electron chi connectivity index (χ2n) is 5.40. The quantitative estimate of drug-likeness (QED) is 0.430. The van der Waals surface area contributed by atoms with Gasteiger partial charge >= 0.3 is 0 Å². The minimum Gasteiger partial charge on any atom is -0.281 e. The Morgan fingerprint density at radius 2 is 1.70 bits per heavy atom. The molecule has 1 nitrogen and oxygen atoms in total. The van der Waals surface area contributed by atoms with Crippen LogP contribution in [-0.4, -0.2) is 10.6 Å². The van der Waals surface area contributed by atoms with Gasteiger partial charge < -0.3 is 0 Å². The number of hydrogen-bond acceptors (Lipinski definition) is 1. The van der Waals surface area contributed by atoms with Crippen LogP contribution in [0.3, 0.4) is 0 Å². The van der Waals surface area contributed by atoms with Crippen LogP contribution in [0.4, 0.5) is 0 Å². The van der Waals surface area contributed by atoms with Crippen LogP contribution < -0.4 is 0 Å². The van der Waals surface area contributed by atoms with E-state index in [0.29, 0.717) is 10.6 Å². The molecule has 0 aliphatic carbocycles. The first kappa shape index (κ1) is 18.4. The van der Waals surface area contributed by atoms with E-state index in [4.69, 9.17) is 58.0 Å². The van der Waals surface area contributed by atoms with Crippen LogP contribution in [-0.2, 0) is 9.13 Å². The first-order valence-corrected chi connectivity index (χ1v) is 7.96. The second kappa shape index (κ2) is 7.07. The maximum Gasteiger partial charge on any atom is 0.222 e. The lowest BCUT2D eigenvalue weighted by Crippen LogP contribution is -2.31. The standard InChI is InChI=1S/C14H15Cl5O/c1-13(2,8-12(17)20)11(16)7-14(18,19)9-3-5-10(15)6-4-9/h3-6,11H,7-8H2,1-2H3. The van der Waals surface area contributed by atoms with Gasteiger partial charge in [-0.2, -0.15) is 0 Å². The van der Waals surface area contributed by atoms with Crippen molar-refractivity contribution < 1.29 is 4.79 Å². The molecule has 1 aromatic carbocycles. The molecular weight excluding hydrogens is 361 g/mol. The second-order valence-corrected chi connectivity index (χ2v) is 8.27. The van der Waals surface area contributed by atoms with Crippen LogP contribution in [0.2, 0.25) is 5.02 Å². The Labute approximate surface area is 144 Å². The molecule has 1 rings (SSSR count). The molecule has 0 radical (unpaired) electrons. The Balaban J connectivity index is 2.84. The van der Waals surface area contributed by atoms with Crippen molar-refractivity contribution in [3.05, 3.63) is 34.9 Å². The molecule has 0 aromatic heterocycles. The van der Waals surface area contributed by atoms with Gasteiger partial charge in [0.05, 0.1) is 0 Å². The fourth-order valence-corrected chi connectivity index (χ4v) is 3.28. The van der Waals surface area contributed by atoms with Crippen molar-refractivity contribution in [2.75, 3.05) is 0 Å². The number of carbonyl (C=O) groups excluding carboxylic acids is 1. The van der Waals surface area contributed by atoms with Gasteiger partial charge in [0.2, 0.25) is 5.24 Å². The summed E-state index contributed by atoms with van der Waals surface area (Å²) in [4.78, 5) is 11.1. The summed E-state index contributed by atoms with van der Waals surface area (Å²) in [6.45, 7) is 3.72. The molecular formula is C14H15Cl5O. The molecule has 1 unspecified atom stereocenters. The molecule has 0 amide bonds. The summed E-state index contributed by atoms with van der Waals surface area (Å²) >= 11 is 30.4. The fourth-order valence-electron chi connectivity index (χ4n) is 1.78. The lowest BCUT2D eigenvalue weighted by atomic mass is 9.83. The van der Waals surface area contributed by atoms with Crippen molar-refractivity contribution >= 4 is 63.2 Å². The minimum atomic E-state index is -1.15. The molecule has 0 heterocycles. The van der Waals surface area contributed by atoms with Crippen LogP contribution in [0, 0.1) is 5.41 Å². The highest BCUT2D eigenvalue weighted by molar-refractivity contribution is 6.63. The lowest BCUT2D eigenvalue weighted by molar-refractivity contribution is -0.113. The number of halogens is 5. The average molecular weight is 377 g/mol. The van der Waals surface area contributed by atoms with Gasteiger partial charge in [0.25, 0.3) is 0 Å². The van der Waals surface area contributed by atoms with Crippen molar-refractivity contribution in [3.63, 3.8) is 0 Å². The number of rotatable bonds is 6. The van der Waals surface area contributed by atoms with Crippen LogP contribution in [0.25, 0.3) is 0 Å². The maximum atomic E-state index is 11.1. The van der Waals surface area contributed by atoms with Crippen molar-refractivity contribution in [1.82, 2.24) is 0 Å². The molecule has 1 aromatic rings. The summed E-state index contributed by atoms with van der Waals surface area (Å²) in [5, 5.41) is -0.230. The molecule has 0 saturated carbocycles. The summed E-state index contributed by atoms with van der Waals surface area (Å²) in [5.41, 5.74) is 0.214. The van der Waals surface area contributed by atoms with Gasteiger partial charge in [-0.15, -0.1) is 11.6 Å². The van der Waals surface area contributed by atoms with Crippen LogP contribution >= 0.6 is 58.0 Å². The Morgan fingerprint density at radius 1 is 1.20 bits per heavy atom. The van der Waals surface area contributed by atoms with Crippen LogP contribution in [0.1, 0.15) is 32.3 Å². The van der Waals surface area contributed by atoms with Gasteiger partial charge in [-0.3, -0.25) is 4.79 Å². The predicted molar refractivity (Wildman–Crippen MR) is 88.4 cm³/mol. The molecule has 0 bridgehead atoms. The molecule has 0 aliphatic rings. The third-order valence-electron chi connectivity index (χ3n) is 3.14. The summed E-state index contributed by atoms with van der Waals surface area (Å²) in [7, 11) is 0. The van der Waals surface area contributed by atoms with Gasteiger partial charge in [-0.05, 0) is 34.7 Å². The van der Waals surface area contributed by atoms with E-state index >= 15 is 0 Å². The Morgan fingerprint density at radius 3 is 2.15 bits per heavy atom. The Kier molecular flexibility index (Phi) is 6.50. The molecule has 1 atom stereocenters. The third-order valence-corrected chi connectivity index (χ3v) is 5.02. The fraction of sp³-hybridized carbons (Fsp3) is 0.500. The summed E-state index contributed by atoms with van der Waals surface area (Å²) in [6.07, 6.45) is 0.448. The molecule has 112 valence electrons. The van der Waals surface area contributed by atoms with E-state index in [1.807, 2.05) is 13.8 Å². The lowest BCUT2D eigenvalue weighted by Gasteiger charge is -2.33. The van der Waals surface area contributed by atoms with Crippen molar-refractivity contribution in [2.24, 2.45) is 5.41 Å². The SMILES string of the molecule is CC(C)(CC(=O)Cl)C(Cl)CC(Cl)(Cl)c1ccc(Cl)cc1. The van der Waals surface area contributed by atoms with Gasteiger partial charge in [0.1, 0.15) is 4.33 Å². The largest absolute Gasteiger partial charge is 0.281 e. The zero-order valence-corrected chi connectivity index (χ0v) is 14.9. The predicted octanol–water partition coefficient (Wildman–Crippen LogP) is 6.15. The van der Waals surface area contributed by atoms with E-state index in [1.54, 1.807) is 24.3 Å². The normalized spacial score (nSPS) is 14.2. The van der Waals surface area contributed by atoms with E-state index < -0.39 is 20.4 Å². The Bertz CT molecular complexity index is 467. The minimum absolute atomic E-state index is 0.160. The number of benzene rings is 1. The van der Waals surface area contributed by atoms with Gasteiger partial charge in [0.15, 0.2) is 0 Å². The van der Waals surface area contributed by atoms with E-state index in [-0.39, 0.29) is 12.8 Å². The zero-order chi connectivity index (χ0) is 15.6. The van der Waals surface area contributed by atoms with Gasteiger partial charge in [0, 0.05) is 23.2 Å². The molecule has 20 heavy (non-hydrogen) atoms. The number of alkyl halides is 3. The van der Waals surface area contributed by atoms with Gasteiger partial charge in [-0.25, -0.2) is 0 Å². The maximum absolute atomic E-state index is 11.1. The smallest absolute Gasteiger partial charge is 0.222 e. The summed E-state index contributed by atoms with van der Waals surface area (Å²) in [6, 6.07) is 6.94. The first-order valence-electron chi connectivity index (χ1n) is 6.01. The van der Waals surface area contributed by atoms with E-state index in [9.17, 15) is 4.79 Å². The van der Waals surface area contributed by atoms with E-state index in [0.717, 1.165) is 0 Å². The zero-order valence-electron chi connectivity index (χ0n) is 11.1. The van der Waals surface area contributed by atoms with Gasteiger partial charge in [-0.1, -0.05) is 60.8 Å². The monoisotopic (exact) mass is 374 g/mol. The highest BCUT2D eigenvalue weighted by atomic mass is 35.5. The number of hydrogen-bond donors (Lipinski definition) is 0. The molecule has 0 spiro atoms. The summed E-state index contributed by atoms with van der Waals surface area (Å²) < 4.78 is -1.15. The van der Waals surface area contributed by atoms with E-state index in [1.165, 1.54) is 0 Å². The van der Waals surface area contributed by atoms with Crippen LogP contribution in [0.5, 0.6) is 0 Å². The third kappa shape index (κ3) is 5.27.